The summed E-state index contributed by atoms with van der Waals surface area (Å²) in [5, 5.41) is 0. The maximum absolute atomic E-state index is 4.96. The van der Waals surface area contributed by atoms with Gasteiger partial charge in [-0.05, 0) is 6.20 Å². The normalized spacial score (nSPS) is 10.2. The number of hydrogen-bond acceptors (Lipinski definition) is 3. The Labute approximate surface area is 43.0 Å². The molecule has 0 radical (unpaired) electrons. The van der Waals surface area contributed by atoms with Crippen molar-refractivity contribution in [1.82, 2.24) is 4.72 Å². The van der Waals surface area contributed by atoms with Gasteiger partial charge in [0.25, 0.3) is 0 Å². The minimum absolute atomic E-state index is 0.722. The lowest BCUT2D eigenvalue weighted by molar-refractivity contribution is 1.13. The zero-order valence-electron chi connectivity index (χ0n) is 3.39. The predicted octanol–water partition coefficient (Wildman–Crippen LogP) is -0.107. The zero-order chi connectivity index (χ0) is 4.83. The molecule has 0 unspecified atom stereocenters. The SMILES string of the molecule is NC=CCNS. The second kappa shape index (κ2) is 4.85. The van der Waals surface area contributed by atoms with Crippen LogP contribution in [-0.2, 0) is 0 Å². The summed E-state index contributed by atoms with van der Waals surface area (Å²) in [7, 11) is 0. The maximum atomic E-state index is 4.96. The first kappa shape index (κ1) is 5.85. The third kappa shape index (κ3) is 3.85. The Balaban J connectivity index is 2.66. The first-order valence-corrected chi connectivity index (χ1v) is 2.10. The molecule has 0 aliphatic rings. The lowest BCUT2D eigenvalue weighted by Gasteiger charge is -1.80. The Morgan fingerprint density at radius 3 is 2.67 bits per heavy atom. The van der Waals surface area contributed by atoms with Crippen molar-refractivity contribution in [1.29, 1.82) is 0 Å². The Kier molecular flexibility index (Phi) is 4.73. The number of thiol groups is 1. The van der Waals surface area contributed by atoms with Crippen molar-refractivity contribution < 1.29 is 0 Å². The van der Waals surface area contributed by atoms with E-state index in [1.54, 1.807) is 6.08 Å². The van der Waals surface area contributed by atoms with Crippen molar-refractivity contribution in [2.24, 2.45) is 5.73 Å². The molecule has 0 spiro atoms. The van der Waals surface area contributed by atoms with E-state index < -0.39 is 0 Å². The molecule has 6 heavy (non-hydrogen) atoms. The predicted molar refractivity (Wildman–Crippen MR) is 30.3 cm³/mol. The largest absolute Gasteiger partial charge is 0.405 e. The molecule has 0 fully saturated rings. The number of rotatable bonds is 2. The van der Waals surface area contributed by atoms with E-state index in [-0.39, 0.29) is 0 Å². The van der Waals surface area contributed by atoms with Crippen molar-refractivity contribution >= 4 is 12.8 Å². The van der Waals surface area contributed by atoms with Gasteiger partial charge in [0.1, 0.15) is 0 Å². The molecule has 0 saturated carbocycles. The van der Waals surface area contributed by atoms with Crippen LogP contribution >= 0.6 is 12.8 Å². The average Bonchev–Trinajstić information content (AvgIpc) is 1.61. The van der Waals surface area contributed by atoms with Gasteiger partial charge < -0.3 is 5.73 Å². The van der Waals surface area contributed by atoms with Crippen molar-refractivity contribution in [2.75, 3.05) is 6.54 Å². The van der Waals surface area contributed by atoms with Crippen LogP contribution < -0.4 is 10.5 Å². The van der Waals surface area contributed by atoms with Crippen molar-refractivity contribution in [2.45, 2.75) is 0 Å². The maximum Gasteiger partial charge on any atom is 0.0254 e. The molecule has 0 bridgehead atoms. The molecule has 0 amide bonds. The van der Waals surface area contributed by atoms with Crippen LogP contribution in [0.5, 0.6) is 0 Å². The van der Waals surface area contributed by atoms with Gasteiger partial charge in [-0.3, -0.25) is 4.72 Å². The van der Waals surface area contributed by atoms with E-state index >= 15 is 0 Å². The monoisotopic (exact) mass is 104 g/mol. The molecule has 0 aromatic heterocycles. The van der Waals surface area contributed by atoms with E-state index in [9.17, 15) is 0 Å². The highest BCUT2D eigenvalue weighted by atomic mass is 32.1. The lowest BCUT2D eigenvalue weighted by atomic mass is 10.6. The molecule has 0 heterocycles. The van der Waals surface area contributed by atoms with E-state index in [0.717, 1.165) is 6.54 Å². The molecule has 0 saturated heterocycles. The van der Waals surface area contributed by atoms with Crippen LogP contribution in [0.4, 0.5) is 0 Å². The molecule has 0 aliphatic heterocycles. The van der Waals surface area contributed by atoms with Gasteiger partial charge in [-0.2, -0.15) is 0 Å². The van der Waals surface area contributed by atoms with Crippen LogP contribution in [-0.4, -0.2) is 6.54 Å². The summed E-state index contributed by atoms with van der Waals surface area (Å²) in [5.41, 5.74) is 4.96. The second-order valence-electron chi connectivity index (χ2n) is 0.790. The molecule has 0 aromatic rings. The summed E-state index contributed by atoms with van der Waals surface area (Å²) in [6.45, 7) is 0.722. The third-order valence-electron chi connectivity index (χ3n) is 0.345. The van der Waals surface area contributed by atoms with Crippen LogP contribution in [0, 0.1) is 0 Å². The van der Waals surface area contributed by atoms with Gasteiger partial charge in [0.2, 0.25) is 0 Å². The first-order chi connectivity index (χ1) is 2.91. The van der Waals surface area contributed by atoms with E-state index in [1.807, 2.05) is 0 Å². The Hall–Kier alpha value is -0.150. The lowest BCUT2D eigenvalue weighted by Crippen LogP contribution is -1.96. The minimum atomic E-state index is 0.722. The average molecular weight is 104 g/mol. The van der Waals surface area contributed by atoms with Crippen molar-refractivity contribution in [3.8, 4) is 0 Å². The zero-order valence-corrected chi connectivity index (χ0v) is 4.28. The molecule has 3 heteroatoms. The van der Waals surface area contributed by atoms with Gasteiger partial charge in [0, 0.05) is 6.54 Å². The first-order valence-electron chi connectivity index (χ1n) is 1.65. The highest BCUT2D eigenvalue weighted by Crippen LogP contribution is 1.61. The molecule has 3 N–H and O–H groups in total. The Morgan fingerprint density at radius 2 is 2.50 bits per heavy atom. The summed E-state index contributed by atoms with van der Waals surface area (Å²) in [4.78, 5) is 0. The smallest absolute Gasteiger partial charge is 0.0254 e. The summed E-state index contributed by atoms with van der Waals surface area (Å²) < 4.78 is 2.60. The Morgan fingerprint density at radius 1 is 1.83 bits per heavy atom. The number of nitrogens with two attached hydrogens (primary N) is 1. The Bertz CT molecular complexity index is 44.1. The molecule has 0 rings (SSSR count). The van der Waals surface area contributed by atoms with Gasteiger partial charge in [-0.15, -0.1) is 0 Å². The highest BCUT2D eigenvalue weighted by Gasteiger charge is 1.62. The topological polar surface area (TPSA) is 38.0 Å². The molecule has 0 atom stereocenters. The number of nitrogens with one attached hydrogen (secondary N) is 1. The van der Waals surface area contributed by atoms with E-state index in [4.69, 9.17) is 5.73 Å². The summed E-state index contributed by atoms with van der Waals surface area (Å²) >= 11 is 3.70. The minimum Gasteiger partial charge on any atom is -0.405 e. The summed E-state index contributed by atoms with van der Waals surface area (Å²) in [5.74, 6) is 0. The van der Waals surface area contributed by atoms with E-state index in [1.165, 1.54) is 6.20 Å². The fourth-order valence-corrected chi connectivity index (χ4v) is 0.226. The van der Waals surface area contributed by atoms with Gasteiger partial charge in [-0.1, -0.05) is 18.9 Å². The van der Waals surface area contributed by atoms with Crippen LogP contribution in [0.15, 0.2) is 12.3 Å². The summed E-state index contributed by atoms with van der Waals surface area (Å²) in [6, 6.07) is 0. The fourth-order valence-electron chi connectivity index (χ4n) is 0.121. The van der Waals surface area contributed by atoms with Gasteiger partial charge in [0.05, 0.1) is 0 Å². The van der Waals surface area contributed by atoms with Crippen LogP contribution in [0.3, 0.4) is 0 Å². The second-order valence-corrected chi connectivity index (χ2v) is 1.11. The quantitative estimate of drug-likeness (QED) is 0.428. The summed E-state index contributed by atoms with van der Waals surface area (Å²) in [6.07, 6.45) is 3.25. The number of hydrogen-bond donors (Lipinski definition) is 3. The molecular formula is C3H8N2S. The van der Waals surface area contributed by atoms with Crippen LogP contribution in [0.1, 0.15) is 0 Å². The van der Waals surface area contributed by atoms with Crippen molar-refractivity contribution in [3.63, 3.8) is 0 Å². The standard InChI is InChI=1S/C3H8N2S/c4-2-1-3-5-6/h1-2,5-6H,3-4H2. The molecule has 36 valence electrons. The van der Waals surface area contributed by atoms with Crippen LogP contribution in [0.25, 0.3) is 0 Å². The van der Waals surface area contributed by atoms with Crippen molar-refractivity contribution in [3.05, 3.63) is 12.3 Å². The highest BCUT2D eigenvalue weighted by molar-refractivity contribution is 7.78. The van der Waals surface area contributed by atoms with E-state index in [0.29, 0.717) is 0 Å². The molecule has 0 aliphatic carbocycles. The van der Waals surface area contributed by atoms with Gasteiger partial charge in [0.15, 0.2) is 0 Å². The molecular weight excluding hydrogens is 96.1 g/mol. The van der Waals surface area contributed by atoms with Gasteiger partial charge in [-0.25, -0.2) is 0 Å². The molecule has 0 aromatic carbocycles. The van der Waals surface area contributed by atoms with E-state index in [2.05, 4.69) is 17.5 Å². The van der Waals surface area contributed by atoms with Gasteiger partial charge >= 0.3 is 0 Å². The van der Waals surface area contributed by atoms with Crippen LogP contribution in [0.2, 0.25) is 0 Å². The third-order valence-corrected chi connectivity index (χ3v) is 0.528. The fraction of sp³-hybridized carbons (Fsp3) is 0.333. The molecule has 2 nitrogen and oxygen atoms in total.